The first-order valence-electron chi connectivity index (χ1n) is 11.9. The third-order valence-electron chi connectivity index (χ3n) is 5.68. The Bertz CT molecular complexity index is 950. The van der Waals surface area contributed by atoms with Crippen LogP contribution in [0, 0.1) is 11.2 Å². The second-order valence-electron chi connectivity index (χ2n) is 8.56. The minimum absolute atomic E-state index is 0.157. The quantitative estimate of drug-likeness (QED) is 0.525. The van der Waals surface area contributed by atoms with Crippen LogP contribution >= 0.6 is 0 Å². The lowest BCUT2D eigenvalue weighted by molar-refractivity contribution is -0.213. The lowest BCUT2D eigenvalue weighted by Crippen LogP contribution is -2.36. The zero-order valence-electron chi connectivity index (χ0n) is 20.8. The first-order chi connectivity index (χ1) is 16.0. The van der Waals surface area contributed by atoms with Crippen molar-refractivity contribution in [3.8, 4) is 11.3 Å². The Labute approximate surface area is 198 Å². The van der Waals surface area contributed by atoms with Crippen molar-refractivity contribution >= 4 is 11.7 Å². The van der Waals surface area contributed by atoms with Gasteiger partial charge in [-0.1, -0.05) is 41.5 Å². The van der Waals surface area contributed by atoms with E-state index in [1.165, 1.54) is 12.1 Å². The first-order valence-corrected chi connectivity index (χ1v) is 11.9. The molecule has 0 radical (unpaired) electrons. The molecule has 10 heteroatoms. The van der Waals surface area contributed by atoms with Crippen molar-refractivity contribution in [1.29, 1.82) is 0 Å². The molecular weight excluding hydrogens is 450 g/mol. The molecule has 1 saturated carbocycles. The normalized spacial score (nSPS) is 15.9. The molecule has 4 rings (SSSR count). The van der Waals surface area contributed by atoms with Crippen LogP contribution in [0.3, 0.4) is 0 Å². The molecule has 1 amide bonds. The summed E-state index contributed by atoms with van der Waals surface area (Å²) in [6.45, 7) is 12.0. The smallest absolute Gasteiger partial charge is 0.309 e. The van der Waals surface area contributed by atoms with Gasteiger partial charge in [0, 0.05) is 25.6 Å². The van der Waals surface area contributed by atoms with Gasteiger partial charge in [-0.2, -0.15) is 18.3 Å². The van der Waals surface area contributed by atoms with E-state index in [2.05, 4.69) is 20.3 Å². The van der Waals surface area contributed by atoms with Gasteiger partial charge in [0.05, 0.1) is 35.1 Å². The zero-order valence-corrected chi connectivity index (χ0v) is 20.8. The second kappa shape index (κ2) is 11.3. The maximum absolute atomic E-state index is 13.4. The van der Waals surface area contributed by atoms with E-state index in [0.717, 1.165) is 45.1 Å². The van der Waals surface area contributed by atoms with Crippen LogP contribution in [0.2, 0.25) is 0 Å². The average molecular weight is 486 g/mol. The molecule has 3 heterocycles. The third-order valence-corrected chi connectivity index (χ3v) is 5.68. The predicted molar refractivity (Wildman–Crippen MR) is 125 cm³/mol. The molecule has 1 N–H and O–H groups in total. The summed E-state index contributed by atoms with van der Waals surface area (Å²) in [4.78, 5) is 18.9. The molecule has 2 aromatic rings. The molecule has 0 spiro atoms. The van der Waals surface area contributed by atoms with Crippen LogP contribution in [-0.2, 0) is 17.9 Å². The Hall–Kier alpha value is -2.49. The highest BCUT2D eigenvalue weighted by Crippen LogP contribution is 2.41. The number of amides is 1. The van der Waals surface area contributed by atoms with E-state index in [0.29, 0.717) is 30.4 Å². The maximum Gasteiger partial charge on any atom is 0.394 e. The van der Waals surface area contributed by atoms with Crippen LogP contribution in [0.4, 0.5) is 23.4 Å². The Kier molecular flexibility index (Phi) is 9.22. The summed E-state index contributed by atoms with van der Waals surface area (Å²) >= 11 is 0. The van der Waals surface area contributed by atoms with E-state index in [1.54, 1.807) is 4.68 Å². The van der Waals surface area contributed by atoms with E-state index in [-0.39, 0.29) is 5.82 Å². The molecule has 0 atom stereocenters. The fourth-order valence-corrected chi connectivity index (χ4v) is 3.65. The van der Waals surface area contributed by atoms with E-state index >= 15 is 0 Å². The van der Waals surface area contributed by atoms with Gasteiger partial charge < -0.3 is 5.32 Å². The van der Waals surface area contributed by atoms with Crippen molar-refractivity contribution in [3.05, 3.63) is 29.8 Å². The number of fused-ring (bicyclic) bond motifs is 1. The van der Waals surface area contributed by atoms with Crippen molar-refractivity contribution in [2.45, 2.75) is 86.1 Å². The average Bonchev–Trinajstić information content (AvgIpc) is 3.58. The zero-order chi connectivity index (χ0) is 25.7. The number of nitrogens with zero attached hydrogens (tertiary/aromatic N) is 4. The Morgan fingerprint density at radius 2 is 1.76 bits per heavy atom. The third kappa shape index (κ3) is 6.34. The highest BCUT2D eigenvalue weighted by Gasteiger charge is 2.48. The van der Waals surface area contributed by atoms with Gasteiger partial charge in [0.1, 0.15) is 5.82 Å². The monoisotopic (exact) mass is 485 g/mol. The molecule has 1 aliphatic carbocycles. The van der Waals surface area contributed by atoms with Crippen molar-refractivity contribution < 1.29 is 22.4 Å². The summed E-state index contributed by atoms with van der Waals surface area (Å²) in [6, 6.07) is 3.26. The molecular formula is C24H35F4N5O. The predicted octanol–water partition coefficient (Wildman–Crippen LogP) is 6.03. The van der Waals surface area contributed by atoms with E-state index in [1.807, 2.05) is 27.7 Å². The number of hydrogen-bond donors (Lipinski definition) is 1. The molecule has 1 aliphatic heterocycles. The van der Waals surface area contributed by atoms with Crippen molar-refractivity contribution in [2.75, 3.05) is 11.9 Å². The number of hydrogen-bond acceptors (Lipinski definition) is 4. The number of carbonyl (C=O) groups is 1. The van der Waals surface area contributed by atoms with Gasteiger partial charge in [0.25, 0.3) is 0 Å². The number of alkyl halides is 3. The fraction of sp³-hybridized carbons (Fsp3) is 0.625. The molecule has 0 bridgehead atoms. The molecule has 1 fully saturated rings. The number of carbonyl (C=O) groups excluding carboxylic acids is 1. The van der Waals surface area contributed by atoms with Gasteiger partial charge >= 0.3 is 6.18 Å². The van der Waals surface area contributed by atoms with E-state index in [9.17, 15) is 22.4 Å². The number of halogens is 4. The Morgan fingerprint density at radius 3 is 2.29 bits per heavy atom. The number of rotatable bonds is 5. The summed E-state index contributed by atoms with van der Waals surface area (Å²) in [7, 11) is 0. The van der Waals surface area contributed by atoms with Crippen LogP contribution in [-0.4, -0.2) is 44.3 Å². The van der Waals surface area contributed by atoms with Crippen molar-refractivity contribution in [1.82, 2.24) is 19.7 Å². The number of aromatic nitrogens is 3. The van der Waals surface area contributed by atoms with Gasteiger partial charge in [-0.25, -0.2) is 4.39 Å². The standard InChI is InChI=1S/C20H23F4N5O.2C2H6/c1-19(2,20(22,23)24)9-16(30)26-18-17(14-6-3-12(21)10-25-14)15-11-28(13-4-5-13)7-8-29(15)27-18;2*1-2/h3,6,10,13H,4-5,7-9,11H2,1-2H3,(H,26,27,30);2*1-2H3. The molecule has 0 unspecified atom stereocenters. The fourth-order valence-electron chi connectivity index (χ4n) is 3.65. The van der Waals surface area contributed by atoms with Crippen LogP contribution < -0.4 is 5.32 Å². The number of nitrogens with one attached hydrogen (secondary N) is 1. The highest BCUT2D eigenvalue weighted by atomic mass is 19.4. The summed E-state index contributed by atoms with van der Waals surface area (Å²) in [5.74, 6) is -1.13. The molecule has 6 nitrogen and oxygen atoms in total. The lowest BCUT2D eigenvalue weighted by Gasteiger charge is -2.28. The summed E-state index contributed by atoms with van der Waals surface area (Å²) < 4.78 is 54.7. The van der Waals surface area contributed by atoms with Gasteiger partial charge in [-0.15, -0.1) is 0 Å². The van der Waals surface area contributed by atoms with Crippen LogP contribution in [0.5, 0.6) is 0 Å². The first kappa shape index (κ1) is 27.8. The van der Waals surface area contributed by atoms with Crippen molar-refractivity contribution in [3.63, 3.8) is 0 Å². The Morgan fingerprint density at radius 1 is 1.12 bits per heavy atom. The highest BCUT2D eigenvalue weighted by molar-refractivity contribution is 5.94. The van der Waals surface area contributed by atoms with Crippen LogP contribution in [0.25, 0.3) is 11.3 Å². The minimum atomic E-state index is -4.51. The van der Waals surface area contributed by atoms with Crippen LogP contribution in [0.1, 0.15) is 66.5 Å². The van der Waals surface area contributed by atoms with Gasteiger partial charge in [-0.05, 0) is 25.0 Å². The van der Waals surface area contributed by atoms with Gasteiger partial charge in [-0.3, -0.25) is 19.4 Å². The van der Waals surface area contributed by atoms with Crippen molar-refractivity contribution in [2.24, 2.45) is 5.41 Å². The summed E-state index contributed by atoms with van der Waals surface area (Å²) in [5, 5.41) is 6.98. The SMILES string of the molecule is CC.CC.CC(C)(CC(=O)Nc1nn2c(c1-c1ccc(F)cn1)CN(C1CC1)CC2)C(F)(F)F. The minimum Gasteiger partial charge on any atom is -0.309 e. The molecule has 34 heavy (non-hydrogen) atoms. The molecule has 0 aromatic carbocycles. The van der Waals surface area contributed by atoms with Gasteiger partial charge in [0.15, 0.2) is 5.82 Å². The second-order valence-corrected chi connectivity index (χ2v) is 8.56. The Balaban J connectivity index is 0.000000970. The topological polar surface area (TPSA) is 63.1 Å². The van der Waals surface area contributed by atoms with Gasteiger partial charge in [0.2, 0.25) is 5.91 Å². The van der Waals surface area contributed by atoms with E-state index < -0.39 is 29.7 Å². The van der Waals surface area contributed by atoms with E-state index in [4.69, 9.17) is 0 Å². The summed E-state index contributed by atoms with van der Waals surface area (Å²) in [6.07, 6.45) is -1.91. The van der Waals surface area contributed by atoms with Crippen LogP contribution in [0.15, 0.2) is 18.3 Å². The lowest BCUT2D eigenvalue weighted by atomic mass is 9.88. The summed E-state index contributed by atoms with van der Waals surface area (Å²) in [5.41, 5.74) is -0.412. The maximum atomic E-state index is 13.4. The number of pyridine rings is 1. The molecule has 2 aliphatic rings. The number of anilines is 1. The largest absolute Gasteiger partial charge is 0.394 e. The molecule has 2 aromatic heterocycles. The molecule has 190 valence electrons. The molecule has 0 saturated heterocycles.